The molecule has 2 saturated heterocycles. The predicted molar refractivity (Wildman–Crippen MR) is 142 cm³/mol. The minimum Gasteiger partial charge on any atom is -0.507 e. The normalized spacial score (nSPS) is 19.4. The molecule has 2 aromatic rings. The lowest BCUT2D eigenvalue weighted by Gasteiger charge is -2.29. The molecule has 2 N–H and O–H groups in total. The molecule has 210 valence electrons. The lowest BCUT2D eigenvalue weighted by atomic mass is 9.93. The van der Waals surface area contributed by atoms with Crippen LogP contribution in [0.3, 0.4) is 0 Å². The van der Waals surface area contributed by atoms with Crippen LogP contribution in [0.1, 0.15) is 45.3 Å². The second-order valence-corrected chi connectivity index (χ2v) is 9.52. The van der Waals surface area contributed by atoms with Crippen molar-refractivity contribution in [2.24, 2.45) is 0 Å². The van der Waals surface area contributed by atoms with Gasteiger partial charge in [0.1, 0.15) is 23.0 Å². The number of amides is 1. The first kappa shape index (κ1) is 28.2. The van der Waals surface area contributed by atoms with Crippen molar-refractivity contribution < 1.29 is 38.4 Å². The summed E-state index contributed by atoms with van der Waals surface area (Å²) in [5, 5.41) is 11.6. The smallest absolute Gasteiger partial charge is 0.354 e. The third-order valence-electron chi connectivity index (χ3n) is 7.31. The number of ketones is 1. The van der Waals surface area contributed by atoms with E-state index in [1.54, 1.807) is 32.0 Å². The molecular weight excluding hydrogens is 506 g/mol. The van der Waals surface area contributed by atoms with Crippen molar-refractivity contribution in [3.05, 3.63) is 51.9 Å². The first-order chi connectivity index (χ1) is 18.7. The Morgan fingerprint density at radius 2 is 1.82 bits per heavy atom. The summed E-state index contributed by atoms with van der Waals surface area (Å²) in [6, 6.07) is 4.18. The minimum absolute atomic E-state index is 0.0838. The highest BCUT2D eigenvalue weighted by Crippen LogP contribution is 2.44. The molecule has 1 aromatic carbocycles. The van der Waals surface area contributed by atoms with Crippen molar-refractivity contribution in [3.63, 3.8) is 0 Å². The van der Waals surface area contributed by atoms with E-state index < -0.39 is 23.7 Å². The van der Waals surface area contributed by atoms with Gasteiger partial charge < -0.3 is 33.9 Å². The lowest BCUT2D eigenvalue weighted by molar-refractivity contribution is -0.140. The van der Waals surface area contributed by atoms with Crippen LogP contribution in [0.2, 0.25) is 0 Å². The standard InChI is InChI=1S/C28H35N3O8/c1-16-21(17(2)29-23(16)28(35)38-5)25(32)22-24(19-15-18(36-3)7-8-20(19)37-4)31(27(34)26(22)33)10-6-9-30-11-13-39-14-12-30/h7-8,15,24,29,32H,6,9-14H2,1-5H3/t24-/m1/s1. The molecule has 2 aliphatic heterocycles. The van der Waals surface area contributed by atoms with Crippen LogP contribution >= 0.6 is 0 Å². The van der Waals surface area contributed by atoms with Crippen molar-refractivity contribution in [2.75, 3.05) is 60.7 Å². The summed E-state index contributed by atoms with van der Waals surface area (Å²) in [6.07, 6.45) is 0.616. The number of aliphatic hydroxyl groups is 1. The minimum atomic E-state index is -0.935. The third-order valence-corrected chi connectivity index (χ3v) is 7.31. The van der Waals surface area contributed by atoms with Gasteiger partial charge in [0.15, 0.2) is 0 Å². The number of H-pyrrole nitrogens is 1. The topological polar surface area (TPSA) is 131 Å². The van der Waals surface area contributed by atoms with E-state index in [9.17, 15) is 19.5 Å². The summed E-state index contributed by atoms with van der Waals surface area (Å²) in [4.78, 5) is 45.9. The molecule has 1 amide bonds. The molecular formula is C28H35N3O8. The number of aromatic amines is 1. The van der Waals surface area contributed by atoms with E-state index in [1.165, 1.54) is 26.2 Å². The Kier molecular flexibility index (Phi) is 8.61. The average molecular weight is 542 g/mol. The first-order valence-electron chi connectivity index (χ1n) is 12.8. The number of ether oxygens (including phenoxy) is 4. The third kappa shape index (κ3) is 5.37. The number of nitrogens with one attached hydrogen (secondary N) is 1. The molecule has 0 bridgehead atoms. The Hall–Kier alpha value is -3.83. The van der Waals surface area contributed by atoms with Gasteiger partial charge in [0.05, 0.1) is 46.2 Å². The fourth-order valence-electron chi connectivity index (χ4n) is 5.32. The Bertz CT molecular complexity index is 1290. The number of aliphatic hydroxyl groups excluding tert-OH is 1. The summed E-state index contributed by atoms with van der Waals surface area (Å²) >= 11 is 0. The van der Waals surface area contributed by atoms with Crippen LogP contribution < -0.4 is 9.47 Å². The van der Waals surface area contributed by atoms with Gasteiger partial charge in [-0.25, -0.2) is 4.79 Å². The number of hydrogen-bond acceptors (Lipinski definition) is 9. The number of aromatic nitrogens is 1. The van der Waals surface area contributed by atoms with E-state index in [0.29, 0.717) is 48.0 Å². The number of morpholine rings is 1. The van der Waals surface area contributed by atoms with Crippen molar-refractivity contribution in [1.29, 1.82) is 0 Å². The van der Waals surface area contributed by atoms with E-state index >= 15 is 0 Å². The van der Waals surface area contributed by atoms with Crippen LogP contribution in [0.15, 0.2) is 23.8 Å². The molecule has 39 heavy (non-hydrogen) atoms. The van der Waals surface area contributed by atoms with Gasteiger partial charge in [-0.2, -0.15) is 0 Å². The zero-order valence-corrected chi connectivity index (χ0v) is 23.0. The van der Waals surface area contributed by atoms with Gasteiger partial charge >= 0.3 is 5.97 Å². The number of benzene rings is 1. The summed E-state index contributed by atoms with van der Waals surface area (Å²) in [5.41, 5.74) is 1.72. The molecule has 0 unspecified atom stereocenters. The fourth-order valence-corrected chi connectivity index (χ4v) is 5.32. The molecule has 0 saturated carbocycles. The second-order valence-electron chi connectivity index (χ2n) is 9.52. The molecule has 2 fully saturated rings. The van der Waals surface area contributed by atoms with Gasteiger partial charge in [0, 0.05) is 43.0 Å². The van der Waals surface area contributed by atoms with Crippen LogP contribution in [0.25, 0.3) is 5.76 Å². The van der Waals surface area contributed by atoms with Gasteiger partial charge in [0.25, 0.3) is 11.7 Å². The number of methoxy groups -OCH3 is 3. The van der Waals surface area contributed by atoms with E-state index in [2.05, 4.69) is 9.88 Å². The molecule has 0 aliphatic carbocycles. The van der Waals surface area contributed by atoms with Crippen molar-refractivity contribution in [1.82, 2.24) is 14.8 Å². The van der Waals surface area contributed by atoms with Crippen LogP contribution in [-0.2, 0) is 19.1 Å². The zero-order valence-electron chi connectivity index (χ0n) is 23.0. The number of hydrogen-bond donors (Lipinski definition) is 2. The highest BCUT2D eigenvalue weighted by Gasteiger charge is 2.47. The van der Waals surface area contributed by atoms with Crippen LogP contribution in [0.4, 0.5) is 0 Å². The van der Waals surface area contributed by atoms with Gasteiger partial charge in [0.2, 0.25) is 0 Å². The van der Waals surface area contributed by atoms with Crippen LogP contribution in [0.5, 0.6) is 11.5 Å². The quantitative estimate of drug-likeness (QED) is 0.213. The van der Waals surface area contributed by atoms with Gasteiger partial charge in [-0.05, 0) is 44.0 Å². The molecule has 2 aliphatic rings. The van der Waals surface area contributed by atoms with E-state index in [1.807, 2.05) is 0 Å². The molecule has 0 spiro atoms. The first-order valence-corrected chi connectivity index (χ1v) is 12.8. The van der Waals surface area contributed by atoms with Gasteiger partial charge in [-0.3, -0.25) is 14.5 Å². The number of carbonyl (C=O) groups excluding carboxylic acids is 3. The van der Waals surface area contributed by atoms with Crippen molar-refractivity contribution in [2.45, 2.75) is 26.3 Å². The molecule has 11 heteroatoms. The largest absolute Gasteiger partial charge is 0.507 e. The fraction of sp³-hybridized carbons (Fsp3) is 0.464. The van der Waals surface area contributed by atoms with Crippen molar-refractivity contribution >= 4 is 23.4 Å². The second kappa shape index (κ2) is 11.9. The molecule has 1 aromatic heterocycles. The number of Topliss-reactive ketones (excluding diaryl/α,β-unsaturated/α-hetero) is 1. The number of nitrogens with zero attached hydrogens (tertiary/aromatic N) is 2. The SMILES string of the molecule is COC(=O)c1[nH]c(C)c(C(O)=C2C(=O)C(=O)N(CCCN3CCOCC3)[C@@H]2c2cc(OC)ccc2OC)c1C. The molecule has 11 nitrogen and oxygen atoms in total. The summed E-state index contributed by atoms with van der Waals surface area (Å²) in [6.45, 7) is 7.26. The maximum Gasteiger partial charge on any atom is 0.354 e. The molecule has 0 radical (unpaired) electrons. The molecule has 1 atom stereocenters. The number of rotatable bonds is 9. The zero-order chi connectivity index (χ0) is 28.3. The van der Waals surface area contributed by atoms with E-state index in [-0.39, 0.29) is 29.1 Å². The predicted octanol–water partition coefficient (Wildman–Crippen LogP) is 2.58. The lowest BCUT2D eigenvalue weighted by Crippen LogP contribution is -2.39. The number of likely N-dealkylation sites (tertiary alicyclic amines) is 1. The summed E-state index contributed by atoms with van der Waals surface area (Å²) in [5.74, 6) is -1.57. The van der Waals surface area contributed by atoms with Gasteiger partial charge in [-0.15, -0.1) is 0 Å². The van der Waals surface area contributed by atoms with Gasteiger partial charge in [-0.1, -0.05) is 0 Å². The summed E-state index contributed by atoms with van der Waals surface area (Å²) < 4.78 is 21.3. The van der Waals surface area contributed by atoms with Crippen molar-refractivity contribution in [3.8, 4) is 11.5 Å². The summed E-state index contributed by atoms with van der Waals surface area (Å²) in [7, 11) is 4.28. The average Bonchev–Trinajstić information content (AvgIpc) is 3.39. The van der Waals surface area contributed by atoms with E-state index in [0.717, 1.165) is 19.6 Å². The number of carbonyl (C=O) groups is 3. The number of aryl methyl sites for hydroxylation is 1. The Morgan fingerprint density at radius 1 is 1.10 bits per heavy atom. The molecule has 3 heterocycles. The monoisotopic (exact) mass is 541 g/mol. The van der Waals surface area contributed by atoms with E-state index in [4.69, 9.17) is 18.9 Å². The number of esters is 1. The van der Waals surface area contributed by atoms with Crippen LogP contribution in [0, 0.1) is 13.8 Å². The maximum atomic E-state index is 13.5. The molecule has 4 rings (SSSR count). The maximum absolute atomic E-state index is 13.5. The Morgan fingerprint density at radius 3 is 2.46 bits per heavy atom. The Balaban J connectivity index is 1.82. The highest BCUT2D eigenvalue weighted by molar-refractivity contribution is 6.46. The highest BCUT2D eigenvalue weighted by atomic mass is 16.5. The Labute approximate surface area is 227 Å². The van der Waals surface area contributed by atoms with Crippen LogP contribution in [-0.4, -0.2) is 98.3 Å².